The van der Waals surface area contributed by atoms with E-state index < -0.39 is 29.5 Å². The number of rotatable bonds is 4. The largest absolute Gasteiger partial charge is 0.466 e. The molecule has 0 unspecified atom stereocenters. The highest BCUT2D eigenvalue weighted by Crippen LogP contribution is 2.43. The van der Waals surface area contributed by atoms with E-state index in [2.05, 4.69) is 20.3 Å². The predicted octanol–water partition coefficient (Wildman–Crippen LogP) is 2.95. The molecule has 1 N–H and O–H groups in total. The summed E-state index contributed by atoms with van der Waals surface area (Å²) in [6.45, 7) is 0. The average Bonchev–Trinajstić information content (AvgIpc) is 2.93. The Bertz CT molecular complexity index is 849. The van der Waals surface area contributed by atoms with Crippen LogP contribution in [0.1, 0.15) is 11.1 Å². The molecule has 0 radical (unpaired) electrons. The van der Waals surface area contributed by atoms with Crippen molar-refractivity contribution in [3.63, 3.8) is 0 Å². The van der Waals surface area contributed by atoms with Crippen LogP contribution in [0.5, 0.6) is 0 Å². The lowest BCUT2D eigenvalue weighted by atomic mass is 10.1. The van der Waals surface area contributed by atoms with Gasteiger partial charge in [0, 0.05) is 11.6 Å². The second-order valence-corrected chi connectivity index (χ2v) is 5.97. The zero-order valence-corrected chi connectivity index (χ0v) is 14.2. The Labute approximate surface area is 153 Å². The number of nitrogens with one attached hydrogen (secondary N) is 1. The van der Waals surface area contributed by atoms with Crippen LogP contribution < -0.4 is 5.32 Å². The van der Waals surface area contributed by atoms with Gasteiger partial charge < -0.3 is 4.74 Å². The minimum absolute atomic E-state index is 0.00242. The summed E-state index contributed by atoms with van der Waals surface area (Å²) in [5.41, 5.74) is -1.29. The number of nitrogens with zero attached hydrogens (tertiary/aromatic N) is 2. The van der Waals surface area contributed by atoms with E-state index in [1.165, 1.54) is 6.07 Å². The lowest BCUT2D eigenvalue weighted by molar-refractivity contribution is -0.289. The van der Waals surface area contributed by atoms with Crippen molar-refractivity contribution in [3.8, 4) is 0 Å². The first kappa shape index (κ1) is 20.6. The van der Waals surface area contributed by atoms with Crippen molar-refractivity contribution in [3.05, 3.63) is 46.4 Å². The molecule has 1 aromatic carbocycles. The number of esters is 1. The molecule has 12 heteroatoms. The maximum absolute atomic E-state index is 13.3. The quantitative estimate of drug-likeness (QED) is 0.274. The van der Waals surface area contributed by atoms with E-state index >= 15 is 0 Å². The summed E-state index contributed by atoms with van der Waals surface area (Å²) in [6, 6.07) is 3.54. The second kappa shape index (κ2) is 7.86. The van der Waals surface area contributed by atoms with Crippen LogP contribution in [0.25, 0.3) is 0 Å². The summed E-state index contributed by atoms with van der Waals surface area (Å²) in [4.78, 5) is 22.7. The molecule has 1 aliphatic heterocycles. The number of carbonyl (C=O) groups excluding carboxylic acids is 2. The van der Waals surface area contributed by atoms with Crippen LogP contribution >= 0.6 is 11.8 Å². The van der Waals surface area contributed by atoms with Gasteiger partial charge in [-0.05, 0) is 23.4 Å². The Morgan fingerprint density at radius 1 is 1.26 bits per heavy atom. The number of alkyl halides is 5. The van der Waals surface area contributed by atoms with Crippen LogP contribution in [0.3, 0.4) is 0 Å². The number of methoxy groups -OCH3 is 1. The van der Waals surface area contributed by atoms with Crippen molar-refractivity contribution < 1.29 is 36.3 Å². The van der Waals surface area contributed by atoms with Crippen LogP contribution in [0.4, 0.5) is 22.0 Å². The number of hydrogen-bond donors (Lipinski definition) is 1. The summed E-state index contributed by atoms with van der Waals surface area (Å²) >= 11 is 0.775. The van der Waals surface area contributed by atoms with E-state index in [-0.39, 0.29) is 15.6 Å². The number of ether oxygens (including phenoxy) is 1. The van der Waals surface area contributed by atoms with Crippen LogP contribution in [-0.2, 0) is 20.2 Å². The third-order valence-corrected chi connectivity index (χ3v) is 3.96. The van der Waals surface area contributed by atoms with Crippen LogP contribution in [-0.4, -0.2) is 36.5 Å². The van der Waals surface area contributed by atoms with Gasteiger partial charge in [-0.1, -0.05) is 18.2 Å². The molecule has 0 spiro atoms. The number of amidine groups is 1. The first-order chi connectivity index (χ1) is 12.5. The van der Waals surface area contributed by atoms with E-state index in [1.54, 1.807) is 0 Å². The van der Waals surface area contributed by atoms with Gasteiger partial charge in [-0.25, -0.2) is 4.79 Å². The Kier molecular flexibility index (Phi) is 5.98. The third kappa shape index (κ3) is 4.90. The zero-order chi connectivity index (χ0) is 20.2. The summed E-state index contributed by atoms with van der Waals surface area (Å²) in [5, 5.41) is 9.42. The Morgan fingerprint density at radius 3 is 2.59 bits per heavy atom. The number of benzene rings is 1. The standard InChI is InChI=1S/C15H10F5N3O3S/c1-26-11(24)6-10-12(25)22-13(27-10)23-21-7-8-3-2-4-9(5-8)14(16,17)15(18,19)20/h2-7H,1H3,(H,22,23,25)/b10-6+,21-7?. The molecule has 27 heavy (non-hydrogen) atoms. The molecular weight excluding hydrogens is 397 g/mol. The fourth-order valence-corrected chi connectivity index (χ4v) is 2.51. The topological polar surface area (TPSA) is 80.1 Å². The van der Waals surface area contributed by atoms with Gasteiger partial charge in [-0.2, -0.15) is 27.1 Å². The molecule has 0 atom stereocenters. The molecule has 1 saturated heterocycles. The van der Waals surface area contributed by atoms with E-state index in [0.29, 0.717) is 12.1 Å². The second-order valence-electron chi connectivity index (χ2n) is 4.94. The molecule has 0 bridgehead atoms. The van der Waals surface area contributed by atoms with E-state index in [4.69, 9.17) is 0 Å². The van der Waals surface area contributed by atoms with Crippen LogP contribution in [0, 0.1) is 0 Å². The molecule has 1 amide bonds. The smallest absolute Gasteiger partial charge is 0.458 e. The van der Waals surface area contributed by atoms with E-state index in [9.17, 15) is 31.5 Å². The first-order valence-electron chi connectivity index (χ1n) is 6.99. The number of carbonyl (C=O) groups is 2. The monoisotopic (exact) mass is 407 g/mol. The molecule has 2 rings (SSSR count). The maximum Gasteiger partial charge on any atom is 0.458 e. The molecule has 1 fully saturated rings. The number of amides is 1. The van der Waals surface area contributed by atoms with E-state index in [0.717, 1.165) is 37.2 Å². The Hall–Kier alpha value is -2.76. The molecule has 144 valence electrons. The Balaban J connectivity index is 2.15. The Morgan fingerprint density at radius 2 is 1.96 bits per heavy atom. The fraction of sp³-hybridized carbons (Fsp3) is 0.200. The third-order valence-electron chi connectivity index (χ3n) is 3.06. The molecule has 6 nitrogen and oxygen atoms in total. The van der Waals surface area contributed by atoms with E-state index in [1.807, 2.05) is 0 Å². The predicted molar refractivity (Wildman–Crippen MR) is 87.3 cm³/mol. The van der Waals surface area contributed by atoms with Crippen molar-refractivity contribution in [2.75, 3.05) is 7.11 Å². The number of halogens is 5. The SMILES string of the molecule is COC(=O)/C=C1/S/C(=N\N=Cc2cccc(C(F)(F)C(F)(F)F)c2)NC1=O. The highest BCUT2D eigenvalue weighted by atomic mass is 32.2. The minimum atomic E-state index is -5.73. The van der Waals surface area contributed by atoms with Crippen molar-refractivity contribution >= 4 is 35.0 Å². The number of hydrogen-bond acceptors (Lipinski definition) is 6. The zero-order valence-electron chi connectivity index (χ0n) is 13.4. The summed E-state index contributed by atoms with van der Waals surface area (Å²) in [5.74, 6) is -6.38. The van der Waals surface area contributed by atoms with Crippen molar-refractivity contribution in [1.82, 2.24) is 5.32 Å². The summed E-state index contributed by atoms with van der Waals surface area (Å²) in [7, 11) is 1.13. The number of thioether (sulfide) groups is 1. The molecule has 0 aromatic heterocycles. The highest BCUT2D eigenvalue weighted by molar-refractivity contribution is 8.18. The van der Waals surface area contributed by atoms with Crippen molar-refractivity contribution in [2.45, 2.75) is 12.1 Å². The van der Waals surface area contributed by atoms with Crippen molar-refractivity contribution in [2.24, 2.45) is 10.2 Å². The van der Waals surface area contributed by atoms with Gasteiger partial charge in [-0.3, -0.25) is 10.1 Å². The molecular formula is C15H10F5N3O3S. The molecule has 1 heterocycles. The summed E-state index contributed by atoms with van der Waals surface area (Å²) in [6.07, 6.45) is -3.84. The minimum Gasteiger partial charge on any atom is -0.466 e. The van der Waals surface area contributed by atoms with Gasteiger partial charge in [0.2, 0.25) is 0 Å². The highest BCUT2D eigenvalue weighted by Gasteiger charge is 2.58. The van der Waals surface area contributed by atoms with Gasteiger partial charge in [0.25, 0.3) is 5.91 Å². The lowest BCUT2D eigenvalue weighted by Gasteiger charge is -2.19. The van der Waals surface area contributed by atoms with Gasteiger partial charge in [0.1, 0.15) is 0 Å². The van der Waals surface area contributed by atoms with Crippen molar-refractivity contribution in [1.29, 1.82) is 0 Å². The van der Waals surface area contributed by atoms with Gasteiger partial charge in [0.05, 0.1) is 18.2 Å². The lowest BCUT2D eigenvalue weighted by Crippen LogP contribution is -2.33. The van der Waals surface area contributed by atoms with Gasteiger partial charge >= 0.3 is 18.1 Å². The van der Waals surface area contributed by atoms with Crippen LogP contribution in [0.15, 0.2) is 45.4 Å². The maximum atomic E-state index is 13.3. The summed E-state index contributed by atoms with van der Waals surface area (Å²) < 4.78 is 68.3. The molecule has 1 aliphatic rings. The molecule has 0 saturated carbocycles. The first-order valence-corrected chi connectivity index (χ1v) is 7.81. The average molecular weight is 407 g/mol. The normalized spacial score (nSPS) is 18.4. The fourth-order valence-electron chi connectivity index (χ4n) is 1.77. The molecule has 0 aliphatic carbocycles. The molecule has 1 aromatic rings. The van der Waals surface area contributed by atoms with Gasteiger partial charge in [-0.15, -0.1) is 5.10 Å². The van der Waals surface area contributed by atoms with Gasteiger partial charge in [0.15, 0.2) is 5.17 Å². The van der Waals surface area contributed by atoms with Crippen LogP contribution in [0.2, 0.25) is 0 Å².